The van der Waals surface area contributed by atoms with E-state index in [1.807, 2.05) is 6.92 Å². The van der Waals surface area contributed by atoms with Crippen molar-refractivity contribution in [1.29, 1.82) is 0 Å². The molecule has 0 fully saturated rings. The Morgan fingerprint density at radius 1 is 1.33 bits per heavy atom. The van der Waals surface area contributed by atoms with E-state index in [9.17, 15) is 5.11 Å². The Labute approximate surface area is 114 Å². The Balaban J connectivity index is 2.54. The van der Waals surface area contributed by atoms with E-state index in [4.69, 9.17) is 16.3 Å². The molecular weight excluding hydrogens is 248 g/mol. The SMILES string of the molecule is COc1c(C(C)CO)cc2c(c1Cl)CCCCC2. The van der Waals surface area contributed by atoms with Gasteiger partial charge in [-0.15, -0.1) is 0 Å². The van der Waals surface area contributed by atoms with Gasteiger partial charge in [-0.25, -0.2) is 0 Å². The Hall–Kier alpha value is -0.730. The highest BCUT2D eigenvalue weighted by Gasteiger charge is 2.21. The highest BCUT2D eigenvalue weighted by Crippen LogP contribution is 2.40. The Bertz CT molecular complexity index is 429. The fraction of sp³-hybridized carbons (Fsp3) is 0.600. The summed E-state index contributed by atoms with van der Waals surface area (Å²) in [6, 6.07) is 2.19. The first kappa shape index (κ1) is 13.7. The predicted molar refractivity (Wildman–Crippen MR) is 74.8 cm³/mol. The minimum absolute atomic E-state index is 0.0611. The molecule has 0 radical (unpaired) electrons. The molecule has 1 aliphatic carbocycles. The van der Waals surface area contributed by atoms with Crippen molar-refractivity contribution in [2.75, 3.05) is 13.7 Å². The zero-order valence-electron chi connectivity index (χ0n) is 11.1. The maximum absolute atomic E-state index is 9.36. The van der Waals surface area contributed by atoms with Crippen LogP contribution >= 0.6 is 11.6 Å². The Morgan fingerprint density at radius 3 is 2.72 bits per heavy atom. The van der Waals surface area contributed by atoms with E-state index in [2.05, 4.69) is 6.07 Å². The van der Waals surface area contributed by atoms with E-state index in [1.165, 1.54) is 30.4 Å². The number of fused-ring (bicyclic) bond motifs is 1. The van der Waals surface area contributed by atoms with Gasteiger partial charge in [0.25, 0.3) is 0 Å². The van der Waals surface area contributed by atoms with Gasteiger partial charge in [0.05, 0.1) is 12.1 Å². The van der Waals surface area contributed by atoms with Gasteiger partial charge < -0.3 is 9.84 Å². The molecule has 3 heteroatoms. The summed E-state index contributed by atoms with van der Waals surface area (Å²) in [5.41, 5.74) is 3.62. The Morgan fingerprint density at radius 2 is 2.06 bits per heavy atom. The molecule has 1 aromatic carbocycles. The first-order valence-corrected chi connectivity index (χ1v) is 7.05. The van der Waals surface area contributed by atoms with Crippen LogP contribution in [0.3, 0.4) is 0 Å². The first-order chi connectivity index (χ1) is 8.69. The van der Waals surface area contributed by atoms with Crippen LogP contribution in [0.15, 0.2) is 6.07 Å². The van der Waals surface area contributed by atoms with Crippen molar-refractivity contribution in [2.45, 2.75) is 44.9 Å². The average Bonchev–Trinajstić information content (AvgIpc) is 2.63. The molecule has 0 bridgehead atoms. The molecule has 0 aliphatic heterocycles. The van der Waals surface area contributed by atoms with Crippen LogP contribution in [0, 0.1) is 0 Å². The maximum atomic E-state index is 9.36. The zero-order valence-corrected chi connectivity index (χ0v) is 11.9. The number of aryl methyl sites for hydroxylation is 1. The third-order valence-electron chi connectivity index (χ3n) is 3.83. The lowest BCUT2D eigenvalue weighted by Gasteiger charge is -2.19. The standard InChI is InChI=1S/C15H21ClO2/c1-10(9-17)13-8-11-6-4-3-5-7-12(11)14(16)15(13)18-2/h8,10,17H,3-7,9H2,1-2H3. The fourth-order valence-corrected chi connectivity index (χ4v) is 3.11. The van der Waals surface area contributed by atoms with Crippen LogP contribution in [0.25, 0.3) is 0 Å². The third kappa shape index (κ3) is 2.50. The summed E-state index contributed by atoms with van der Waals surface area (Å²) in [4.78, 5) is 0. The van der Waals surface area contributed by atoms with Crippen molar-refractivity contribution in [3.05, 3.63) is 27.8 Å². The van der Waals surface area contributed by atoms with Gasteiger partial charge in [-0.2, -0.15) is 0 Å². The summed E-state index contributed by atoms with van der Waals surface area (Å²) in [7, 11) is 1.65. The summed E-state index contributed by atoms with van der Waals surface area (Å²) in [5.74, 6) is 0.810. The van der Waals surface area contributed by atoms with Gasteiger partial charge >= 0.3 is 0 Å². The average molecular weight is 269 g/mol. The normalized spacial score (nSPS) is 16.9. The summed E-state index contributed by atoms with van der Waals surface area (Å²) in [5, 5.41) is 10.1. The lowest BCUT2D eigenvalue weighted by Crippen LogP contribution is -2.06. The molecule has 100 valence electrons. The largest absolute Gasteiger partial charge is 0.495 e. The van der Waals surface area contributed by atoms with Gasteiger partial charge in [0, 0.05) is 18.1 Å². The molecule has 1 aromatic rings. The molecular formula is C15H21ClO2. The molecule has 1 unspecified atom stereocenters. The van der Waals surface area contributed by atoms with Crippen molar-refractivity contribution in [3.63, 3.8) is 0 Å². The van der Waals surface area contributed by atoms with Gasteiger partial charge in [-0.3, -0.25) is 0 Å². The topological polar surface area (TPSA) is 29.5 Å². The molecule has 18 heavy (non-hydrogen) atoms. The van der Waals surface area contributed by atoms with E-state index in [0.717, 1.165) is 29.2 Å². The number of aliphatic hydroxyl groups excluding tert-OH is 1. The smallest absolute Gasteiger partial charge is 0.141 e. The highest BCUT2D eigenvalue weighted by molar-refractivity contribution is 6.33. The van der Waals surface area contributed by atoms with Gasteiger partial charge in [0.1, 0.15) is 5.75 Å². The summed E-state index contributed by atoms with van der Waals surface area (Å²) in [6.07, 6.45) is 5.81. The van der Waals surface area contributed by atoms with Crippen molar-refractivity contribution in [1.82, 2.24) is 0 Å². The highest BCUT2D eigenvalue weighted by atomic mass is 35.5. The number of halogens is 1. The second kappa shape index (κ2) is 5.94. The van der Waals surface area contributed by atoms with Gasteiger partial charge in [-0.05, 0) is 36.8 Å². The van der Waals surface area contributed by atoms with Gasteiger partial charge in [-0.1, -0.05) is 31.0 Å². The van der Waals surface area contributed by atoms with Crippen molar-refractivity contribution in [2.24, 2.45) is 0 Å². The molecule has 0 spiro atoms. The van der Waals surface area contributed by atoms with Gasteiger partial charge in [0.2, 0.25) is 0 Å². The minimum Gasteiger partial charge on any atom is -0.495 e. The number of ether oxygens (including phenoxy) is 1. The number of rotatable bonds is 3. The third-order valence-corrected chi connectivity index (χ3v) is 4.23. The van der Waals surface area contributed by atoms with E-state index in [-0.39, 0.29) is 12.5 Å². The van der Waals surface area contributed by atoms with Crippen molar-refractivity contribution >= 4 is 11.6 Å². The lowest BCUT2D eigenvalue weighted by atomic mass is 9.93. The van der Waals surface area contributed by atoms with Crippen LogP contribution in [0.2, 0.25) is 5.02 Å². The molecule has 1 aliphatic rings. The first-order valence-electron chi connectivity index (χ1n) is 6.68. The van der Waals surface area contributed by atoms with E-state index in [0.29, 0.717) is 0 Å². The second-order valence-corrected chi connectivity index (χ2v) is 5.47. The number of aliphatic hydroxyl groups is 1. The molecule has 2 rings (SSSR count). The summed E-state index contributed by atoms with van der Waals surface area (Å²) in [6.45, 7) is 2.11. The number of hydrogen-bond donors (Lipinski definition) is 1. The van der Waals surface area contributed by atoms with Crippen LogP contribution in [0.5, 0.6) is 5.75 Å². The molecule has 2 nitrogen and oxygen atoms in total. The van der Waals surface area contributed by atoms with Crippen LogP contribution < -0.4 is 4.74 Å². The molecule has 0 heterocycles. The Kier molecular flexibility index (Phi) is 4.52. The lowest BCUT2D eigenvalue weighted by molar-refractivity contribution is 0.269. The minimum atomic E-state index is 0.0611. The second-order valence-electron chi connectivity index (χ2n) is 5.09. The van der Waals surface area contributed by atoms with Crippen molar-refractivity contribution in [3.8, 4) is 5.75 Å². The predicted octanol–water partition coefficient (Wildman–Crippen LogP) is 3.71. The summed E-state index contributed by atoms with van der Waals surface area (Å²) >= 11 is 6.50. The van der Waals surface area contributed by atoms with Crippen LogP contribution in [0.1, 0.15) is 48.8 Å². The van der Waals surface area contributed by atoms with Crippen LogP contribution in [-0.2, 0) is 12.8 Å². The quantitative estimate of drug-likeness (QED) is 0.847. The van der Waals surface area contributed by atoms with Crippen LogP contribution in [0.4, 0.5) is 0 Å². The summed E-state index contributed by atoms with van der Waals surface area (Å²) < 4.78 is 5.46. The van der Waals surface area contributed by atoms with Gasteiger partial charge in [0.15, 0.2) is 0 Å². The maximum Gasteiger partial charge on any atom is 0.141 e. The molecule has 0 saturated carbocycles. The van der Waals surface area contributed by atoms with Crippen molar-refractivity contribution < 1.29 is 9.84 Å². The molecule has 1 atom stereocenters. The molecule has 0 amide bonds. The zero-order chi connectivity index (χ0) is 13.1. The molecule has 0 saturated heterocycles. The monoisotopic (exact) mass is 268 g/mol. The van der Waals surface area contributed by atoms with E-state index < -0.39 is 0 Å². The van der Waals surface area contributed by atoms with E-state index in [1.54, 1.807) is 7.11 Å². The molecule has 0 aromatic heterocycles. The number of methoxy groups -OCH3 is 1. The molecule has 1 N–H and O–H groups in total. The number of hydrogen-bond acceptors (Lipinski definition) is 2. The van der Waals surface area contributed by atoms with E-state index >= 15 is 0 Å². The number of benzene rings is 1. The van der Waals surface area contributed by atoms with Crippen LogP contribution in [-0.4, -0.2) is 18.8 Å². The fourth-order valence-electron chi connectivity index (χ4n) is 2.70.